The van der Waals surface area contributed by atoms with Crippen molar-refractivity contribution >= 4 is 22.9 Å². The Morgan fingerprint density at radius 3 is 3.00 bits per heavy atom. The molecule has 2 aromatic rings. The van der Waals surface area contributed by atoms with E-state index in [-0.39, 0.29) is 0 Å². The Labute approximate surface area is 104 Å². The van der Waals surface area contributed by atoms with Gasteiger partial charge in [-0.1, -0.05) is 11.6 Å². The number of aromatic nitrogens is 2. The van der Waals surface area contributed by atoms with Crippen LogP contribution in [-0.2, 0) is 13.0 Å². The summed E-state index contributed by atoms with van der Waals surface area (Å²) in [6.45, 7) is 3.18. The number of hydrogen-bond donors (Lipinski definition) is 0. The van der Waals surface area contributed by atoms with Crippen LogP contribution in [0, 0.1) is 6.92 Å². The topological polar surface area (TPSA) is 17.8 Å². The number of fused-ring (bicyclic) bond motifs is 1. The first-order valence-electron chi connectivity index (χ1n) is 5.57. The molecule has 2 aromatic heterocycles. The lowest BCUT2D eigenvalue weighted by Gasteiger charge is -2.15. The van der Waals surface area contributed by atoms with Gasteiger partial charge in [-0.25, -0.2) is 4.98 Å². The summed E-state index contributed by atoms with van der Waals surface area (Å²) in [6, 6.07) is 4.28. The van der Waals surface area contributed by atoms with Crippen LogP contribution < -0.4 is 0 Å². The van der Waals surface area contributed by atoms with Crippen LogP contribution in [0.25, 0.3) is 10.7 Å². The summed E-state index contributed by atoms with van der Waals surface area (Å²) in [5, 5.41) is 0.695. The summed E-state index contributed by atoms with van der Waals surface area (Å²) >= 11 is 7.98. The van der Waals surface area contributed by atoms with Crippen molar-refractivity contribution in [2.24, 2.45) is 0 Å². The molecule has 3 heterocycles. The van der Waals surface area contributed by atoms with E-state index in [4.69, 9.17) is 11.6 Å². The molecule has 0 fully saturated rings. The average molecular weight is 253 g/mol. The van der Waals surface area contributed by atoms with E-state index in [9.17, 15) is 0 Å². The lowest BCUT2D eigenvalue weighted by atomic mass is 10.1. The van der Waals surface area contributed by atoms with Gasteiger partial charge in [-0.3, -0.25) is 0 Å². The quantitative estimate of drug-likeness (QED) is 0.753. The summed E-state index contributed by atoms with van der Waals surface area (Å²) in [7, 11) is 0. The van der Waals surface area contributed by atoms with E-state index < -0.39 is 0 Å². The molecule has 0 spiro atoms. The maximum atomic E-state index is 6.19. The van der Waals surface area contributed by atoms with Gasteiger partial charge in [0.25, 0.3) is 0 Å². The molecule has 2 nitrogen and oxygen atoms in total. The van der Waals surface area contributed by atoms with Crippen molar-refractivity contribution in [3.05, 3.63) is 27.9 Å². The zero-order chi connectivity index (χ0) is 11.1. The molecule has 84 valence electrons. The molecule has 0 aliphatic carbocycles. The second-order valence-corrected chi connectivity index (χ2v) is 5.84. The molecule has 0 amide bonds. The molecule has 0 bridgehead atoms. The molecule has 1 aliphatic heterocycles. The van der Waals surface area contributed by atoms with Crippen LogP contribution >= 0.6 is 22.9 Å². The summed E-state index contributed by atoms with van der Waals surface area (Å²) in [6.07, 6.45) is 3.53. The van der Waals surface area contributed by atoms with Gasteiger partial charge in [-0.15, -0.1) is 11.3 Å². The van der Waals surface area contributed by atoms with Gasteiger partial charge in [0.15, 0.2) is 11.0 Å². The Morgan fingerprint density at radius 1 is 1.38 bits per heavy atom. The normalized spacial score (nSPS) is 15.1. The van der Waals surface area contributed by atoms with Gasteiger partial charge in [0, 0.05) is 11.4 Å². The fourth-order valence-corrected chi connectivity index (χ4v) is 3.38. The summed E-state index contributed by atoms with van der Waals surface area (Å²) in [4.78, 5) is 7.06. The maximum Gasteiger partial charge on any atom is 0.152 e. The Balaban J connectivity index is 2.14. The summed E-state index contributed by atoms with van der Waals surface area (Å²) in [5.74, 6) is 1.05. The molecule has 0 saturated carbocycles. The summed E-state index contributed by atoms with van der Waals surface area (Å²) in [5.41, 5.74) is 1.22. The minimum atomic E-state index is 0.695. The highest BCUT2D eigenvalue weighted by Gasteiger charge is 2.20. The second kappa shape index (κ2) is 3.90. The fourth-order valence-electron chi connectivity index (χ4n) is 2.24. The maximum absolute atomic E-state index is 6.19. The van der Waals surface area contributed by atoms with Crippen molar-refractivity contribution in [2.75, 3.05) is 0 Å². The van der Waals surface area contributed by atoms with Crippen molar-refractivity contribution in [2.45, 2.75) is 32.7 Å². The molecular weight excluding hydrogens is 240 g/mol. The Hall–Kier alpha value is -0.800. The fraction of sp³-hybridized carbons (Fsp3) is 0.417. The third-order valence-electron chi connectivity index (χ3n) is 3.03. The molecule has 0 unspecified atom stereocenters. The first-order chi connectivity index (χ1) is 7.75. The third kappa shape index (κ3) is 1.59. The molecule has 0 radical (unpaired) electrons. The highest BCUT2D eigenvalue weighted by molar-refractivity contribution is 7.15. The van der Waals surface area contributed by atoms with Crippen molar-refractivity contribution in [3.8, 4) is 10.7 Å². The largest absolute Gasteiger partial charge is 0.326 e. The van der Waals surface area contributed by atoms with Crippen molar-refractivity contribution in [1.82, 2.24) is 9.55 Å². The first-order valence-corrected chi connectivity index (χ1v) is 6.77. The van der Waals surface area contributed by atoms with Crippen LogP contribution in [0.5, 0.6) is 0 Å². The minimum Gasteiger partial charge on any atom is -0.326 e. The molecule has 16 heavy (non-hydrogen) atoms. The van der Waals surface area contributed by atoms with E-state index in [1.54, 1.807) is 11.3 Å². The predicted octanol–water partition coefficient (Wildman–Crippen LogP) is 3.91. The van der Waals surface area contributed by atoms with Crippen LogP contribution in [0.15, 0.2) is 12.1 Å². The molecule has 4 heteroatoms. The van der Waals surface area contributed by atoms with Crippen molar-refractivity contribution < 1.29 is 0 Å². The molecule has 0 atom stereocenters. The van der Waals surface area contributed by atoms with E-state index in [1.165, 1.54) is 28.3 Å². The molecule has 0 N–H and O–H groups in total. The monoisotopic (exact) mass is 252 g/mol. The Morgan fingerprint density at radius 2 is 2.25 bits per heavy atom. The number of nitrogens with zero attached hydrogens (tertiary/aromatic N) is 2. The van der Waals surface area contributed by atoms with Crippen molar-refractivity contribution in [1.29, 1.82) is 0 Å². The van der Waals surface area contributed by atoms with Crippen LogP contribution in [-0.4, -0.2) is 9.55 Å². The van der Waals surface area contributed by atoms with Gasteiger partial charge in [0.05, 0.1) is 10.6 Å². The van der Waals surface area contributed by atoms with E-state index in [0.29, 0.717) is 5.15 Å². The second-order valence-electron chi connectivity index (χ2n) is 4.19. The SMILES string of the molecule is Cc1ccc(-c2nc(Cl)c3n2CCCC3)s1. The average Bonchev–Trinajstić information content (AvgIpc) is 2.84. The van der Waals surface area contributed by atoms with Gasteiger partial charge in [0.1, 0.15) is 0 Å². The number of rotatable bonds is 1. The molecule has 0 saturated heterocycles. The van der Waals surface area contributed by atoms with Crippen LogP contribution in [0.3, 0.4) is 0 Å². The molecule has 3 rings (SSSR count). The smallest absolute Gasteiger partial charge is 0.152 e. The minimum absolute atomic E-state index is 0.695. The van der Waals surface area contributed by atoms with Crippen molar-refractivity contribution in [3.63, 3.8) is 0 Å². The molecule has 1 aliphatic rings. The van der Waals surface area contributed by atoms with E-state index >= 15 is 0 Å². The lowest BCUT2D eigenvalue weighted by molar-refractivity contribution is 0.537. The Kier molecular flexibility index (Phi) is 2.52. The number of halogens is 1. The zero-order valence-electron chi connectivity index (χ0n) is 9.16. The number of hydrogen-bond acceptors (Lipinski definition) is 2. The highest BCUT2D eigenvalue weighted by Crippen LogP contribution is 2.33. The molecular formula is C12H13ClN2S. The van der Waals surface area contributed by atoms with E-state index in [0.717, 1.165) is 18.8 Å². The standard InChI is InChI=1S/C12H13ClN2S/c1-8-5-6-10(16-8)12-14-11(13)9-4-2-3-7-15(9)12/h5-6H,2-4,7H2,1H3. The molecule has 0 aromatic carbocycles. The van der Waals surface area contributed by atoms with Gasteiger partial charge in [-0.2, -0.15) is 0 Å². The van der Waals surface area contributed by atoms with E-state index in [2.05, 4.69) is 28.6 Å². The van der Waals surface area contributed by atoms with Gasteiger partial charge in [0.2, 0.25) is 0 Å². The van der Waals surface area contributed by atoms with Gasteiger partial charge >= 0.3 is 0 Å². The van der Waals surface area contributed by atoms with Gasteiger partial charge in [-0.05, 0) is 38.3 Å². The van der Waals surface area contributed by atoms with Crippen LogP contribution in [0.1, 0.15) is 23.4 Å². The van der Waals surface area contributed by atoms with Crippen LogP contribution in [0.4, 0.5) is 0 Å². The third-order valence-corrected chi connectivity index (χ3v) is 4.33. The number of thiophene rings is 1. The predicted molar refractivity (Wildman–Crippen MR) is 68.2 cm³/mol. The lowest BCUT2D eigenvalue weighted by Crippen LogP contribution is -2.10. The summed E-state index contributed by atoms with van der Waals surface area (Å²) < 4.78 is 2.29. The van der Waals surface area contributed by atoms with Crippen LogP contribution in [0.2, 0.25) is 5.15 Å². The zero-order valence-corrected chi connectivity index (χ0v) is 10.7. The van der Waals surface area contributed by atoms with Gasteiger partial charge < -0.3 is 4.57 Å². The Bertz CT molecular complexity index is 527. The highest BCUT2D eigenvalue weighted by atomic mass is 35.5. The first kappa shape index (κ1) is 10.4. The number of aryl methyl sites for hydroxylation is 1. The van der Waals surface area contributed by atoms with E-state index in [1.807, 2.05) is 0 Å². The number of imidazole rings is 1.